The molecular weight excluding hydrogens is 412 g/mol. The third kappa shape index (κ3) is 3.82. The second kappa shape index (κ2) is 8.17. The first-order valence-electron chi connectivity index (χ1n) is 9.35. The molecule has 10 nitrogen and oxygen atoms in total. The van der Waals surface area contributed by atoms with Gasteiger partial charge in [0.1, 0.15) is 58.9 Å². The molecule has 2 aromatic carbocycles. The van der Waals surface area contributed by atoms with E-state index in [1.54, 1.807) is 0 Å². The van der Waals surface area contributed by atoms with Crippen molar-refractivity contribution in [2.45, 2.75) is 30.7 Å². The normalized spacial score (nSPS) is 26.1. The standard InChI is InChI=1S/C21H20O10/c22-7-15-18(26)19(27)20(28)21(31-15)30-11-3-1-9(2-4-11)12-8-29-14-6-10(23)5-13(24)16(14)17(12)25/h1-6,8,15,18-24,26-28H,7H2/t15-,18+,19+,20-,21-/m0/s1. The van der Waals surface area contributed by atoms with Crippen molar-refractivity contribution in [2.75, 3.05) is 6.61 Å². The average Bonchev–Trinajstić information content (AvgIpc) is 2.74. The molecule has 164 valence electrons. The predicted octanol–water partition coefficient (Wildman–Crippen LogP) is 0.0499. The Bertz CT molecular complexity index is 1140. The van der Waals surface area contributed by atoms with Gasteiger partial charge in [0.15, 0.2) is 0 Å². The van der Waals surface area contributed by atoms with E-state index in [9.17, 15) is 35.4 Å². The summed E-state index contributed by atoms with van der Waals surface area (Å²) in [7, 11) is 0. The zero-order valence-corrected chi connectivity index (χ0v) is 16.0. The van der Waals surface area contributed by atoms with Gasteiger partial charge in [0, 0.05) is 12.1 Å². The maximum Gasteiger partial charge on any atom is 0.229 e. The largest absolute Gasteiger partial charge is 0.508 e. The van der Waals surface area contributed by atoms with Crippen LogP contribution in [0.2, 0.25) is 0 Å². The molecule has 1 aromatic heterocycles. The van der Waals surface area contributed by atoms with E-state index in [-0.39, 0.29) is 28.0 Å². The maximum atomic E-state index is 12.8. The highest BCUT2D eigenvalue weighted by atomic mass is 16.7. The molecule has 0 spiro atoms. The SMILES string of the molecule is O=c1c(-c2ccc(O[C@H]3O[C@@H](CO)[C@@H](O)[C@@H](O)[C@@H]3O)cc2)coc2cc(O)cc(O)c12. The van der Waals surface area contributed by atoms with E-state index in [1.165, 1.54) is 36.6 Å². The van der Waals surface area contributed by atoms with E-state index in [4.69, 9.17) is 13.9 Å². The summed E-state index contributed by atoms with van der Waals surface area (Å²) in [4.78, 5) is 12.8. The lowest BCUT2D eigenvalue weighted by Crippen LogP contribution is -2.60. The maximum absolute atomic E-state index is 12.8. The van der Waals surface area contributed by atoms with Gasteiger partial charge in [-0.25, -0.2) is 0 Å². The second-order valence-electron chi connectivity index (χ2n) is 7.16. The fourth-order valence-electron chi connectivity index (χ4n) is 3.43. The molecule has 6 N–H and O–H groups in total. The topological polar surface area (TPSA) is 170 Å². The summed E-state index contributed by atoms with van der Waals surface area (Å²) in [6, 6.07) is 8.30. The van der Waals surface area contributed by atoms with E-state index in [0.29, 0.717) is 5.56 Å². The number of aliphatic hydroxyl groups excluding tert-OH is 4. The summed E-state index contributed by atoms with van der Waals surface area (Å²) in [5.74, 6) is -0.421. The van der Waals surface area contributed by atoms with Gasteiger partial charge in [-0.1, -0.05) is 12.1 Å². The Hall–Kier alpha value is -3.15. The van der Waals surface area contributed by atoms with E-state index >= 15 is 0 Å². The summed E-state index contributed by atoms with van der Waals surface area (Å²) >= 11 is 0. The molecule has 4 rings (SSSR count). The van der Waals surface area contributed by atoms with Crippen LogP contribution in [0.15, 0.2) is 51.9 Å². The third-order valence-electron chi connectivity index (χ3n) is 5.11. The molecule has 1 aliphatic heterocycles. The second-order valence-corrected chi connectivity index (χ2v) is 7.16. The molecule has 0 amide bonds. The van der Waals surface area contributed by atoms with Gasteiger partial charge in [-0.05, 0) is 17.7 Å². The molecule has 5 atom stereocenters. The smallest absolute Gasteiger partial charge is 0.229 e. The Labute approximate surface area is 174 Å². The summed E-state index contributed by atoms with van der Waals surface area (Å²) in [6.45, 7) is -0.577. The van der Waals surface area contributed by atoms with Gasteiger partial charge in [0.2, 0.25) is 11.7 Å². The van der Waals surface area contributed by atoms with Crippen molar-refractivity contribution in [3.05, 3.63) is 52.9 Å². The molecule has 0 unspecified atom stereocenters. The zero-order chi connectivity index (χ0) is 22.3. The molecule has 3 aromatic rings. The Morgan fingerprint density at radius 3 is 2.35 bits per heavy atom. The van der Waals surface area contributed by atoms with Crippen LogP contribution in [0.3, 0.4) is 0 Å². The molecule has 31 heavy (non-hydrogen) atoms. The Morgan fingerprint density at radius 2 is 1.68 bits per heavy atom. The minimum absolute atomic E-state index is 0.0359. The first-order valence-corrected chi connectivity index (χ1v) is 9.35. The molecule has 0 saturated carbocycles. The van der Waals surface area contributed by atoms with Crippen LogP contribution < -0.4 is 10.2 Å². The number of rotatable bonds is 4. The lowest BCUT2D eigenvalue weighted by Gasteiger charge is -2.39. The number of phenols is 2. The number of phenolic OH excluding ortho intramolecular Hbond substituents is 2. The Kier molecular flexibility index (Phi) is 5.56. The van der Waals surface area contributed by atoms with Gasteiger partial charge in [0.25, 0.3) is 0 Å². The van der Waals surface area contributed by atoms with E-state index in [0.717, 1.165) is 6.07 Å². The number of aromatic hydroxyl groups is 2. The highest BCUT2D eigenvalue weighted by Crippen LogP contribution is 2.30. The highest BCUT2D eigenvalue weighted by Gasteiger charge is 2.44. The van der Waals surface area contributed by atoms with Crippen molar-refractivity contribution < 1.29 is 44.5 Å². The van der Waals surface area contributed by atoms with Crippen molar-refractivity contribution in [2.24, 2.45) is 0 Å². The van der Waals surface area contributed by atoms with E-state index in [1.807, 2.05) is 0 Å². The molecule has 0 bridgehead atoms. The number of ether oxygens (including phenoxy) is 2. The molecule has 1 fully saturated rings. The van der Waals surface area contributed by atoms with Crippen molar-refractivity contribution in [1.29, 1.82) is 0 Å². The summed E-state index contributed by atoms with van der Waals surface area (Å²) < 4.78 is 16.2. The van der Waals surface area contributed by atoms with Crippen molar-refractivity contribution in [3.8, 4) is 28.4 Å². The van der Waals surface area contributed by atoms with Crippen molar-refractivity contribution in [1.82, 2.24) is 0 Å². The van der Waals surface area contributed by atoms with Crippen LogP contribution in [0.1, 0.15) is 0 Å². The number of benzene rings is 2. The van der Waals surface area contributed by atoms with Gasteiger partial charge in [-0.15, -0.1) is 0 Å². The third-order valence-corrected chi connectivity index (χ3v) is 5.11. The van der Waals surface area contributed by atoms with Crippen LogP contribution in [0.25, 0.3) is 22.1 Å². The number of fused-ring (bicyclic) bond motifs is 1. The van der Waals surface area contributed by atoms with Gasteiger partial charge in [-0.3, -0.25) is 4.79 Å². The van der Waals surface area contributed by atoms with Crippen molar-refractivity contribution in [3.63, 3.8) is 0 Å². The molecule has 1 saturated heterocycles. The van der Waals surface area contributed by atoms with Crippen LogP contribution in [-0.4, -0.2) is 68.0 Å². The number of hydrogen-bond acceptors (Lipinski definition) is 10. The Morgan fingerprint density at radius 1 is 0.968 bits per heavy atom. The van der Waals surface area contributed by atoms with E-state index in [2.05, 4.69) is 0 Å². The lowest BCUT2D eigenvalue weighted by atomic mass is 9.99. The molecule has 2 heterocycles. The van der Waals surface area contributed by atoms with Crippen LogP contribution in [0, 0.1) is 0 Å². The quantitative estimate of drug-likeness (QED) is 0.331. The molecule has 10 heteroatoms. The fourth-order valence-corrected chi connectivity index (χ4v) is 3.43. The minimum atomic E-state index is -1.57. The van der Waals surface area contributed by atoms with Gasteiger partial charge < -0.3 is 44.5 Å². The monoisotopic (exact) mass is 432 g/mol. The fraction of sp³-hybridized carbons (Fsp3) is 0.286. The van der Waals surface area contributed by atoms with Crippen LogP contribution in [-0.2, 0) is 4.74 Å². The van der Waals surface area contributed by atoms with Crippen molar-refractivity contribution >= 4 is 11.0 Å². The van der Waals surface area contributed by atoms with Crippen LogP contribution in [0.4, 0.5) is 0 Å². The number of hydrogen-bond donors (Lipinski definition) is 6. The van der Waals surface area contributed by atoms with E-state index < -0.39 is 48.5 Å². The first-order chi connectivity index (χ1) is 14.8. The summed E-state index contributed by atoms with van der Waals surface area (Å²) in [5, 5.41) is 58.4. The summed E-state index contributed by atoms with van der Waals surface area (Å²) in [6.07, 6.45) is -5.84. The Balaban J connectivity index is 1.59. The average molecular weight is 432 g/mol. The summed E-state index contributed by atoms with van der Waals surface area (Å²) in [5.41, 5.74) is 0.146. The molecular formula is C21H20O10. The van der Waals surface area contributed by atoms with Gasteiger partial charge >= 0.3 is 0 Å². The number of aliphatic hydroxyl groups is 4. The highest BCUT2D eigenvalue weighted by molar-refractivity contribution is 5.88. The predicted molar refractivity (Wildman–Crippen MR) is 106 cm³/mol. The molecule has 1 aliphatic rings. The van der Waals surface area contributed by atoms with Gasteiger partial charge in [0.05, 0.1) is 12.2 Å². The molecule has 0 radical (unpaired) electrons. The lowest BCUT2D eigenvalue weighted by molar-refractivity contribution is -0.277. The first kappa shape index (κ1) is 21.1. The van der Waals surface area contributed by atoms with Gasteiger partial charge in [-0.2, -0.15) is 0 Å². The minimum Gasteiger partial charge on any atom is -0.508 e. The van der Waals surface area contributed by atoms with Crippen LogP contribution in [0.5, 0.6) is 17.2 Å². The van der Waals surface area contributed by atoms with Crippen LogP contribution >= 0.6 is 0 Å². The molecule has 0 aliphatic carbocycles. The zero-order valence-electron chi connectivity index (χ0n) is 16.0.